The Labute approximate surface area is 114 Å². The van der Waals surface area contributed by atoms with Crippen molar-refractivity contribution >= 4 is 33.9 Å². The smallest absolute Gasteiger partial charge is 0.343 e. The van der Waals surface area contributed by atoms with Crippen LogP contribution in [0.2, 0.25) is 0 Å². The van der Waals surface area contributed by atoms with Gasteiger partial charge in [0.1, 0.15) is 15.4 Å². The number of rotatable bonds is 7. The number of anilines is 2. The molecule has 1 aromatic heterocycles. The molecular weight excluding hydrogens is 270 g/mol. The van der Waals surface area contributed by atoms with Gasteiger partial charge in [-0.3, -0.25) is 4.79 Å². The minimum Gasteiger partial charge on any atom is -0.465 e. The molecule has 0 aliphatic carbocycles. The van der Waals surface area contributed by atoms with Crippen LogP contribution in [0.4, 0.5) is 10.7 Å². The van der Waals surface area contributed by atoms with E-state index in [0.29, 0.717) is 18.2 Å². The van der Waals surface area contributed by atoms with Crippen molar-refractivity contribution in [2.75, 3.05) is 38.4 Å². The van der Waals surface area contributed by atoms with Gasteiger partial charge in [-0.05, 0) is 6.42 Å². The van der Waals surface area contributed by atoms with Gasteiger partial charge in [0.25, 0.3) is 5.91 Å². The third kappa shape index (κ3) is 3.58. The zero-order valence-corrected chi connectivity index (χ0v) is 11.6. The average Bonchev–Trinajstić information content (AvgIpc) is 2.71. The van der Waals surface area contributed by atoms with E-state index in [1.54, 1.807) is 7.11 Å². The van der Waals surface area contributed by atoms with Crippen LogP contribution in [-0.2, 0) is 9.47 Å². The van der Waals surface area contributed by atoms with E-state index >= 15 is 0 Å². The summed E-state index contributed by atoms with van der Waals surface area (Å²) in [6.07, 6.45) is 0.751. The van der Waals surface area contributed by atoms with E-state index in [9.17, 15) is 9.59 Å². The monoisotopic (exact) mass is 287 g/mol. The Balaban J connectivity index is 2.97. The first-order valence-electron chi connectivity index (χ1n) is 5.56. The molecule has 0 aliphatic heterocycles. The Bertz CT molecular complexity index is 473. The van der Waals surface area contributed by atoms with Crippen molar-refractivity contribution < 1.29 is 19.1 Å². The highest BCUT2D eigenvalue weighted by Gasteiger charge is 2.24. The van der Waals surface area contributed by atoms with Gasteiger partial charge in [0.15, 0.2) is 0 Å². The van der Waals surface area contributed by atoms with E-state index in [2.05, 4.69) is 10.1 Å². The molecule has 0 saturated carbocycles. The summed E-state index contributed by atoms with van der Waals surface area (Å²) >= 11 is 1.04. The minimum absolute atomic E-state index is 0.0543. The van der Waals surface area contributed by atoms with E-state index < -0.39 is 11.9 Å². The summed E-state index contributed by atoms with van der Waals surface area (Å²) in [7, 11) is 2.85. The van der Waals surface area contributed by atoms with Crippen molar-refractivity contribution in [3.63, 3.8) is 0 Å². The number of esters is 1. The van der Waals surface area contributed by atoms with Gasteiger partial charge in [-0.25, -0.2) is 4.79 Å². The number of thiophene rings is 1. The summed E-state index contributed by atoms with van der Waals surface area (Å²) in [5.41, 5.74) is 11.2. The Morgan fingerprint density at radius 2 is 2.05 bits per heavy atom. The van der Waals surface area contributed by atoms with E-state index in [1.165, 1.54) is 7.11 Å². The van der Waals surface area contributed by atoms with Crippen LogP contribution in [0.15, 0.2) is 0 Å². The number of carbonyl (C=O) groups excluding carboxylic acids is 2. The van der Waals surface area contributed by atoms with E-state index in [1.807, 2.05) is 0 Å². The molecule has 5 N–H and O–H groups in total. The Morgan fingerprint density at radius 1 is 1.37 bits per heavy atom. The molecular formula is C11H17N3O4S. The first-order valence-corrected chi connectivity index (χ1v) is 6.37. The molecule has 1 aromatic rings. The highest BCUT2D eigenvalue weighted by Crippen LogP contribution is 2.35. The number of carbonyl (C=O) groups is 2. The van der Waals surface area contributed by atoms with Gasteiger partial charge in [-0.2, -0.15) is 0 Å². The third-order valence-electron chi connectivity index (χ3n) is 2.37. The topological polar surface area (TPSA) is 117 Å². The number of primary amides is 1. The fraction of sp³-hybridized carbons (Fsp3) is 0.455. The van der Waals surface area contributed by atoms with Gasteiger partial charge >= 0.3 is 5.97 Å². The summed E-state index contributed by atoms with van der Waals surface area (Å²) in [4.78, 5) is 23.0. The lowest BCUT2D eigenvalue weighted by Crippen LogP contribution is -2.13. The van der Waals surface area contributed by atoms with Gasteiger partial charge in [0, 0.05) is 20.3 Å². The van der Waals surface area contributed by atoms with Crippen LogP contribution >= 0.6 is 11.3 Å². The molecule has 19 heavy (non-hydrogen) atoms. The summed E-state index contributed by atoms with van der Waals surface area (Å²) < 4.78 is 9.57. The molecule has 0 saturated heterocycles. The number of ether oxygens (including phenoxy) is 2. The number of hydrogen-bond acceptors (Lipinski definition) is 7. The summed E-state index contributed by atoms with van der Waals surface area (Å²) in [5, 5.41) is 3.51. The maximum atomic E-state index is 11.7. The number of amides is 1. The first-order chi connectivity index (χ1) is 9.02. The van der Waals surface area contributed by atoms with Gasteiger partial charge in [-0.1, -0.05) is 0 Å². The van der Waals surface area contributed by atoms with Crippen molar-refractivity contribution in [1.82, 2.24) is 0 Å². The molecule has 0 spiro atoms. The SMILES string of the molecule is COCCCNc1sc(C(N)=O)c(N)c1C(=O)OC. The molecule has 0 atom stereocenters. The number of hydrogen-bond donors (Lipinski definition) is 3. The van der Waals surface area contributed by atoms with E-state index in [4.69, 9.17) is 16.2 Å². The van der Waals surface area contributed by atoms with Crippen LogP contribution in [0, 0.1) is 0 Å². The lowest BCUT2D eigenvalue weighted by atomic mass is 10.2. The zero-order valence-electron chi connectivity index (χ0n) is 10.8. The van der Waals surface area contributed by atoms with Crippen molar-refractivity contribution in [1.29, 1.82) is 0 Å². The summed E-state index contributed by atoms with van der Waals surface area (Å²) in [5.74, 6) is -1.27. The summed E-state index contributed by atoms with van der Waals surface area (Å²) in [6.45, 7) is 1.17. The van der Waals surface area contributed by atoms with Crippen LogP contribution in [0.25, 0.3) is 0 Å². The third-order valence-corrected chi connectivity index (χ3v) is 3.55. The first kappa shape index (κ1) is 15.3. The largest absolute Gasteiger partial charge is 0.465 e. The van der Waals surface area contributed by atoms with Crippen molar-refractivity contribution in [2.45, 2.75) is 6.42 Å². The van der Waals surface area contributed by atoms with Crippen LogP contribution < -0.4 is 16.8 Å². The quantitative estimate of drug-likeness (QED) is 0.501. The Morgan fingerprint density at radius 3 is 2.58 bits per heavy atom. The van der Waals surface area contributed by atoms with Crippen LogP contribution in [-0.4, -0.2) is 39.2 Å². The molecule has 1 rings (SSSR count). The van der Waals surface area contributed by atoms with E-state index in [0.717, 1.165) is 17.8 Å². The van der Waals surface area contributed by atoms with Gasteiger partial charge < -0.3 is 26.3 Å². The normalized spacial score (nSPS) is 10.2. The van der Waals surface area contributed by atoms with Crippen LogP contribution in [0.3, 0.4) is 0 Å². The highest BCUT2D eigenvalue weighted by molar-refractivity contribution is 7.19. The van der Waals surface area contributed by atoms with Crippen molar-refractivity contribution in [3.05, 3.63) is 10.4 Å². The van der Waals surface area contributed by atoms with Crippen molar-refractivity contribution in [2.24, 2.45) is 5.73 Å². The van der Waals surface area contributed by atoms with Crippen molar-refractivity contribution in [3.8, 4) is 0 Å². The lowest BCUT2D eigenvalue weighted by Gasteiger charge is -2.06. The van der Waals surface area contributed by atoms with Crippen LogP contribution in [0.5, 0.6) is 0 Å². The molecule has 0 radical (unpaired) electrons. The standard InChI is InChI=1S/C11H17N3O4S/c1-17-5-3-4-14-10-6(11(16)18-2)7(12)8(19-10)9(13)15/h14H,3-5,12H2,1-2H3,(H2,13,15). The molecule has 8 heteroatoms. The number of nitrogens with two attached hydrogens (primary N) is 2. The molecule has 0 bridgehead atoms. The summed E-state index contributed by atoms with van der Waals surface area (Å²) in [6, 6.07) is 0. The predicted octanol–water partition coefficient (Wildman–Crippen LogP) is 0.664. The minimum atomic E-state index is -0.669. The van der Waals surface area contributed by atoms with Gasteiger partial charge in [0.05, 0.1) is 12.8 Å². The maximum absolute atomic E-state index is 11.7. The molecule has 0 aliphatic rings. The molecule has 106 valence electrons. The van der Waals surface area contributed by atoms with Gasteiger partial charge in [0.2, 0.25) is 0 Å². The maximum Gasteiger partial charge on any atom is 0.343 e. The second kappa shape index (κ2) is 6.95. The molecule has 0 fully saturated rings. The molecule has 1 heterocycles. The molecule has 7 nitrogen and oxygen atoms in total. The molecule has 0 unspecified atom stereocenters. The van der Waals surface area contributed by atoms with Gasteiger partial charge in [-0.15, -0.1) is 11.3 Å². The molecule has 1 amide bonds. The fourth-order valence-corrected chi connectivity index (χ4v) is 2.46. The Hall–Kier alpha value is -1.80. The van der Waals surface area contributed by atoms with E-state index in [-0.39, 0.29) is 16.1 Å². The number of methoxy groups -OCH3 is 2. The lowest BCUT2D eigenvalue weighted by molar-refractivity contribution is 0.0603. The zero-order chi connectivity index (χ0) is 14.4. The number of nitrogen functional groups attached to an aromatic ring is 1. The Kier molecular flexibility index (Phi) is 5.58. The fourth-order valence-electron chi connectivity index (χ4n) is 1.47. The highest BCUT2D eigenvalue weighted by atomic mass is 32.1. The van der Waals surface area contributed by atoms with Crippen LogP contribution in [0.1, 0.15) is 26.5 Å². The average molecular weight is 287 g/mol. The predicted molar refractivity (Wildman–Crippen MR) is 73.6 cm³/mol. The second-order valence-corrected chi connectivity index (χ2v) is 4.70. The second-order valence-electron chi connectivity index (χ2n) is 3.68. The molecule has 0 aromatic carbocycles. The number of nitrogens with one attached hydrogen (secondary N) is 1.